The summed E-state index contributed by atoms with van der Waals surface area (Å²) in [6, 6.07) is 0. The van der Waals surface area contributed by atoms with Gasteiger partial charge in [0.05, 0.1) is 0 Å². The lowest BCUT2D eigenvalue weighted by molar-refractivity contribution is 0.175. The van der Waals surface area contributed by atoms with Crippen LogP contribution < -0.4 is 5.73 Å². The van der Waals surface area contributed by atoms with Crippen LogP contribution in [0, 0.1) is 5.92 Å². The van der Waals surface area contributed by atoms with Gasteiger partial charge in [-0.1, -0.05) is 6.92 Å². The van der Waals surface area contributed by atoms with Crippen LogP contribution in [0.1, 0.15) is 33.6 Å². The molecule has 1 rings (SSSR count). The molecule has 1 unspecified atom stereocenters. The monoisotopic (exact) mass is 170 g/mol. The molecular weight excluding hydrogens is 148 g/mol. The van der Waals surface area contributed by atoms with Gasteiger partial charge in [-0.25, -0.2) is 0 Å². The van der Waals surface area contributed by atoms with E-state index in [1.54, 1.807) is 0 Å². The van der Waals surface area contributed by atoms with Gasteiger partial charge in [0.1, 0.15) is 0 Å². The Balaban J connectivity index is 2.51. The van der Waals surface area contributed by atoms with Gasteiger partial charge >= 0.3 is 0 Å². The largest absolute Gasteiger partial charge is 0.330 e. The second-order valence-corrected chi connectivity index (χ2v) is 4.56. The number of rotatable bonds is 3. The van der Waals surface area contributed by atoms with Gasteiger partial charge in [-0.05, 0) is 45.7 Å². The van der Waals surface area contributed by atoms with Crippen LogP contribution in [0.5, 0.6) is 0 Å². The molecule has 0 spiro atoms. The second kappa shape index (κ2) is 3.75. The van der Waals surface area contributed by atoms with E-state index in [4.69, 9.17) is 5.73 Å². The van der Waals surface area contributed by atoms with Crippen molar-refractivity contribution in [3.63, 3.8) is 0 Å². The third-order valence-electron chi connectivity index (χ3n) is 2.95. The van der Waals surface area contributed by atoms with Gasteiger partial charge in [-0.2, -0.15) is 0 Å². The molecule has 0 aromatic rings. The van der Waals surface area contributed by atoms with Crippen molar-refractivity contribution in [3.05, 3.63) is 0 Å². The average Bonchev–Trinajstić information content (AvgIpc) is 2.28. The highest BCUT2D eigenvalue weighted by atomic mass is 15.2. The van der Waals surface area contributed by atoms with Crippen molar-refractivity contribution in [3.8, 4) is 0 Å². The number of nitrogens with zero attached hydrogens (tertiary/aromatic N) is 1. The van der Waals surface area contributed by atoms with Crippen molar-refractivity contribution < 1.29 is 0 Å². The molecule has 1 heterocycles. The Labute approximate surface area is 76.1 Å². The van der Waals surface area contributed by atoms with Gasteiger partial charge in [0.2, 0.25) is 0 Å². The van der Waals surface area contributed by atoms with Crippen LogP contribution in [0.3, 0.4) is 0 Å². The summed E-state index contributed by atoms with van der Waals surface area (Å²) >= 11 is 0. The topological polar surface area (TPSA) is 29.3 Å². The van der Waals surface area contributed by atoms with Gasteiger partial charge in [0.15, 0.2) is 0 Å². The van der Waals surface area contributed by atoms with E-state index < -0.39 is 0 Å². The average molecular weight is 170 g/mol. The summed E-state index contributed by atoms with van der Waals surface area (Å²) in [5.41, 5.74) is 6.08. The second-order valence-electron chi connectivity index (χ2n) is 4.56. The van der Waals surface area contributed by atoms with Crippen molar-refractivity contribution in [2.75, 3.05) is 19.6 Å². The standard InChI is InChI=1S/C10H22N2/c1-4-5-12-8-9(7-11)6-10(12,2)3/h9H,4-8,11H2,1-3H3. The molecule has 1 fully saturated rings. The third-order valence-corrected chi connectivity index (χ3v) is 2.95. The fourth-order valence-corrected chi connectivity index (χ4v) is 2.28. The molecule has 0 radical (unpaired) electrons. The molecule has 0 aromatic heterocycles. The molecule has 0 bridgehead atoms. The molecule has 1 aliphatic heterocycles. The number of likely N-dealkylation sites (tertiary alicyclic amines) is 1. The Kier molecular flexibility index (Phi) is 3.13. The summed E-state index contributed by atoms with van der Waals surface area (Å²) in [6.07, 6.45) is 2.52. The molecule has 0 amide bonds. The predicted molar refractivity (Wildman–Crippen MR) is 53.1 cm³/mol. The quantitative estimate of drug-likeness (QED) is 0.694. The summed E-state index contributed by atoms with van der Waals surface area (Å²) < 4.78 is 0. The molecular formula is C10H22N2. The van der Waals surface area contributed by atoms with Crippen LogP contribution >= 0.6 is 0 Å². The highest BCUT2D eigenvalue weighted by molar-refractivity contribution is 4.92. The third kappa shape index (κ3) is 1.99. The Hall–Kier alpha value is -0.0800. The van der Waals surface area contributed by atoms with Crippen LogP contribution in [0.4, 0.5) is 0 Å². The number of nitrogens with two attached hydrogens (primary N) is 1. The minimum absolute atomic E-state index is 0.389. The molecule has 1 atom stereocenters. The van der Waals surface area contributed by atoms with E-state index in [1.807, 2.05) is 0 Å². The van der Waals surface area contributed by atoms with Gasteiger partial charge in [-0.3, -0.25) is 4.90 Å². The Bertz CT molecular complexity index is 143. The lowest BCUT2D eigenvalue weighted by Crippen LogP contribution is -2.38. The highest BCUT2D eigenvalue weighted by Gasteiger charge is 2.36. The van der Waals surface area contributed by atoms with E-state index in [0.29, 0.717) is 5.54 Å². The van der Waals surface area contributed by atoms with Gasteiger partial charge in [-0.15, -0.1) is 0 Å². The van der Waals surface area contributed by atoms with E-state index in [1.165, 1.54) is 25.9 Å². The van der Waals surface area contributed by atoms with E-state index >= 15 is 0 Å². The van der Waals surface area contributed by atoms with E-state index in [-0.39, 0.29) is 0 Å². The zero-order valence-electron chi connectivity index (χ0n) is 8.64. The molecule has 0 saturated carbocycles. The maximum absolute atomic E-state index is 5.69. The first-order chi connectivity index (χ1) is 5.60. The minimum atomic E-state index is 0.389. The maximum atomic E-state index is 5.69. The SMILES string of the molecule is CCCN1CC(CN)CC1(C)C. The van der Waals surface area contributed by atoms with E-state index in [0.717, 1.165) is 12.5 Å². The number of hydrogen-bond donors (Lipinski definition) is 1. The normalized spacial score (nSPS) is 29.5. The van der Waals surface area contributed by atoms with E-state index in [9.17, 15) is 0 Å². The van der Waals surface area contributed by atoms with Crippen molar-refractivity contribution in [1.29, 1.82) is 0 Å². The summed E-state index contributed by atoms with van der Waals surface area (Å²) in [6.45, 7) is 10.2. The molecule has 12 heavy (non-hydrogen) atoms. The zero-order chi connectivity index (χ0) is 9.19. The molecule has 1 saturated heterocycles. The Morgan fingerprint density at radius 3 is 2.58 bits per heavy atom. The van der Waals surface area contributed by atoms with Crippen molar-refractivity contribution >= 4 is 0 Å². The predicted octanol–water partition coefficient (Wildman–Crippen LogP) is 1.46. The van der Waals surface area contributed by atoms with Crippen molar-refractivity contribution in [2.45, 2.75) is 39.2 Å². The van der Waals surface area contributed by atoms with E-state index in [2.05, 4.69) is 25.7 Å². The lowest BCUT2D eigenvalue weighted by Gasteiger charge is -2.30. The summed E-state index contributed by atoms with van der Waals surface area (Å²) in [5, 5.41) is 0. The molecule has 72 valence electrons. The summed E-state index contributed by atoms with van der Waals surface area (Å²) in [7, 11) is 0. The lowest BCUT2D eigenvalue weighted by atomic mass is 9.96. The smallest absolute Gasteiger partial charge is 0.0156 e. The van der Waals surface area contributed by atoms with Gasteiger partial charge in [0.25, 0.3) is 0 Å². The number of hydrogen-bond acceptors (Lipinski definition) is 2. The Morgan fingerprint density at radius 2 is 2.17 bits per heavy atom. The van der Waals surface area contributed by atoms with Crippen molar-refractivity contribution in [1.82, 2.24) is 4.90 Å². The molecule has 1 aliphatic rings. The minimum Gasteiger partial charge on any atom is -0.330 e. The van der Waals surface area contributed by atoms with Gasteiger partial charge < -0.3 is 5.73 Å². The van der Waals surface area contributed by atoms with Gasteiger partial charge in [0, 0.05) is 12.1 Å². The first kappa shape index (κ1) is 10.0. The van der Waals surface area contributed by atoms with Crippen LogP contribution in [0.15, 0.2) is 0 Å². The zero-order valence-corrected chi connectivity index (χ0v) is 8.64. The molecule has 2 heteroatoms. The highest BCUT2D eigenvalue weighted by Crippen LogP contribution is 2.31. The fraction of sp³-hybridized carbons (Fsp3) is 1.00. The molecule has 0 aromatic carbocycles. The van der Waals surface area contributed by atoms with Crippen LogP contribution in [0.2, 0.25) is 0 Å². The molecule has 2 N–H and O–H groups in total. The van der Waals surface area contributed by atoms with Crippen LogP contribution in [-0.2, 0) is 0 Å². The van der Waals surface area contributed by atoms with Crippen LogP contribution in [0.25, 0.3) is 0 Å². The summed E-state index contributed by atoms with van der Waals surface area (Å²) in [4.78, 5) is 2.57. The summed E-state index contributed by atoms with van der Waals surface area (Å²) in [5.74, 6) is 0.728. The fourth-order valence-electron chi connectivity index (χ4n) is 2.28. The van der Waals surface area contributed by atoms with Crippen molar-refractivity contribution in [2.24, 2.45) is 11.7 Å². The first-order valence-electron chi connectivity index (χ1n) is 5.05. The maximum Gasteiger partial charge on any atom is 0.0156 e. The Morgan fingerprint density at radius 1 is 1.50 bits per heavy atom. The molecule has 0 aliphatic carbocycles. The molecule has 2 nitrogen and oxygen atoms in total. The first-order valence-corrected chi connectivity index (χ1v) is 5.05. The van der Waals surface area contributed by atoms with Crippen LogP contribution in [-0.4, -0.2) is 30.1 Å².